The van der Waals surface area contributed by atoms with E-state index in [0.717, 1.165) is 25.8 Å². The smallest absolute Gasteiger partial charge is 0.220 e. The number of hydrogen-bond donors (Lipinski definition) is 2. The van der Waals surface area contributed by atoms with Crippen LogP contribution in [0, 0.1) is 0 Å². The van der Waals surface area contributed by atoms with E-state index in [1.54, 1.807) is 0 Å². The number of rotatable bonds is 2. The van der Waals surface area contributed by atoms with Gasteiger partial charge in [0.2, 0.25) is 5.91 Å². The Hall–Kier alpha value is -0.870. The lowest BCUT2D eigenvalue weighted by Crippen LogP contribution is -2.46. The Kier molecular flexibility index (Phi) is 3.39. The summed E-state index contributed by atoms with van der Waals surface area (Å²) in [5, 5.41) is 6.62. The number of piperidine rings is 1. The van der Waals surface area contributed by atoms with Crippen LogP contribution in [-0.2, 0) is 11.2 Å². The van der Waals surface area contributed by atoms with E-state index in [1.807, 2.05) is 0 Å². The van der Waals surface area contributed by atoms with Crippen LogP contribution in [-0.4, -0.2) is 18.5 Å². The van der Waals surface area contributed by atoms with Crippen LogP contribution < -0.4 is 10.6 Å². The largest absolute Gasteiger partial charge is 0.355 e. The van der Waals surface area contributed by atoms with Gasteiger partial charge in [-0.1, -0.05) is 28.1 Å². The minimum absolute atomic E-state index is 0.183. The highest BCUT2D eigenvalue weighted by atomic mass is 79.9. The van der Waals surface area contributed by atoms with Gasteiger partial charge < -0.3 is 10.6 Å². The molecular weight excluding hydrogens is 292 g/mol. The van der Waals surface area contributed by atoms with Crippen LogP contribution >= 0.6 is 15.9 Å². The molecule has 2 N–H and O–H groups in total. The zero-order valence-electron chi connectivity index (χ0n) is 10.2. The second kappa shape index (κ2) is 5.02. The highest BCUT2D eigenvalue weighted by Gasteiger charge is 2.27. The lowest BCUT2D eigenvalue weighted by Gasteiger charge is -2.27. The Morgan fingerprint density at radius 1 is 1.28 bits per heavy atom. The van der Waals surface area contributed by atoms with Gasteiger partial charge in [0, 0.05) is 29.5 Å². The van der Waals surface area contributed by atoms with Gasteiger partial charge in [0.1, 0.15) is 0 Å². The van der Waals surface area contributed by atoms with Crippen molar-refractivity contribution in [3.05, 3.63) is 33.8 Å². The molecule has 0 bridgehead atoms. The van der Waals surface area contributed by atoms with Crippen LogP contribution in [0.25, 0.3) is 0 Å². The number of nitrogens with one attached hydrogen (secondary N) is 2. The third-order valence-corrected chi connectivity index (χ3v) is 4.66. The topological polar surface area (TPSA) is 41.1 Å². The third-order valence-electron chi connectivity index (χ3n) is 3.92. The van der Waals surface area contributed by atoms with Crippen molar-refractivity contribution in [1.29, 1.82) is 0 Å². The first-order valence-electron chi connectivity index (χ1n) is 6.54. The summed E-state index contributed by atoms with van der Waals surface area (Å²) in [5.74, 6) is 0.183. The van der Waals surface area contributed by atoms with E-state index in [0.29, 0.717) is 18.5 Å². The predicted molar refractivity (Wildman–Crippen MR) is 74.4 cm³/mol. The molecule has 4 heteroatoms. The number of hydrogen-bond acceptors (Lipinski definition) is 2. The molecule has 1 saturated heterocycles. The maximum absolute atomic E-state index is 11.1. The summed E-state index contributed by atoms with van der Waals surface area (Å²) in [6.45, 7) is 0.763. The molecule has 3 nitrogen and oxygen atoms in total. The monoisotopic (exact) mass is 308 g/mol. The molecule has 0 saturated carbocycles. The minimum Gasteiger partial charge on any atom is -0.355 e. The molecule has 0 radical (unpaired) electrons. The summed E-state index contributed by atoms with van der Waals surface area (Å²) in [5.41, 5.74) is 2.86. The van der Waals surface area contributed by atoms with Crippen molar-refractivity contribution in [2.75, 3.05) is 6.54 Å². The molecule has 1 heterocycles. The van der Waals surface area contributed by atoms with E-state index in [2.05, 4.69) is 44.8 Å². The Bertz CT molecular complexity index is 465. The number of fused-ring (bicyclic) bond motifs is 1. The van der Waals surface area contributed by atoms with Crippen LogP contribution in [0.2, 0.25) is 0 Å². The van der Waals surface area contributed by atoms with Gasteiger partial charge in [-0.3, -0.25) is 4.79 Å². The minimum atomic E-state index is 0.183. The van der Waals surface area contributed by atoms with Gasteiger partial charge >= 0.3 is 0 Å². The fourth-order valence-corrected chi connectivity index (χ4v) is 3.52. The van der Waals surface area contributed by atoms with E-state index in [-0.39, 0.29) is 5.91 Å². The van der Waals surface area contributed by atoms with E-state index >= 15 is 0 Å². The maximum atomic E-state index is 11.1. The van der Waals surface area contributed by atoms with Crippen LogP contribution in [0.1, 0.15) is 36.4 Å². The van der Waals surface area contributed by atoms with Crippen molar-refractivity contribution < 1.29 is 4.79 Å². The first-order valence-corrected chi connectivity index (χ1v) is 7.33. The van der Waals surface area contributed by atoms with E-state index < -0.39 is 0 Å². The first-order chi connectivity index (χ1) is 8.74. The quantitative estimate of drug-likeness (QED) is 0.880. The Labute approximate surface area is 115 Å². The summed E-state index contributed by atoms with van der Waals surface area (Å²) < 4.78 is 1.22. The average Bonchev–Trinajstić information content (AvgIpc) is 2.77. The molecule has 1 amide bonds. The molecular formula is C14H17BrN2O. The summed E-state index contributed by atoms with van der Waals surface area (Å²) in [7, 11) is 0. The van der Waals surface area contributed by atoms with Gasteiger partial charge in [0.25, 0.3) is 0 Å². The molecule has 2 atom stereocenters. The molecule has 3 rings (SSSR count). The van der Waals surface area contributed by atoms with Gasteiger partial charge in [-0.05, 0) is 36.5 Å². The van der Waals surface area contributed by atoms with Crippen molar-refractivity contribution in [2.24, 2.45) is 0 Å². The van der Waals surface area contributed by atoms with Gasteiger partial charge in [0.05, 0.1) is 0 Å². The fraction of sp³-hybridized carbons (Fsp3) is 0.500. The summed E-state index contributed by atoms with van der Waals surface area (Å²) in [6.07, 6.45) is 3.89. The molecule has 2 aliphatic rings. The lowest BCUT2D eigenvalue weighted by atomic mass is 10.0. The van der Waals surface area contributed by atoms with Gasteiger partial charge in [-0.25, -0.2) is 0 Å². The van der Waals surface area contributed by atoms with Crippen LogP contribution in [0.15, 0.2) is 22.7 Å². The van der Waals surface area contributed by atoms with Crippen LogP contribution in [0.5, 0.6) is 0 Å². The first kappa shape index (κ1) is 12.2. The highest BCUT2D eigenvalue weighted by molar-refractivity contribution is 9.10. The van der Waals surface area contributed by atoms with Crippen molar-refractivity contribution in [3.8, 4) is 0 Å². The van der Waals surface area contributed by atoms with Crippen molar-refractivity contribution in [3.63, 3.8) is 0 Å². The van der Waals surface area contributed by atoms with Crippen molar-refractivity contribution in [1.82, 2.24) is 10.6 Å². The van der Waals surface area contributed by atoms with E-state index in [9.17, 15) is 4.79 Å². The molecule has 0 aromatic heterocycles. The van der Waals surface area contributed by atoms with Gasteiger partial charge in [0.15, 0.2) is 0 Å². The summed E-state index contributed by atoms with van der Waals surface area (Å²) in [6, 6.07) is 7.29. The number of carbonyl (C=O) groups excluding carboxylic acids is 1. The molecule has 1 aromatic carbocycles. The third kappa shape index (κ3) is 2.31. The summed E-state index contributed by atoms with van der Waals surface area (Å²) >= 11 is 3.62. The molecule has 18 heavy (non-hydrogen) atoms. The molecule has 1 aliphatic carbocycles. The number of amides is 1. The molecule has 2 unspecified atom stereocenters. The second-order valence-electron chi connectivity index (χ2n) is 5.11. The molecule has 1 fully saturated rings. The van der Waals surface area contributed by atoms with Crippen molar-refractivity contribution in [2.45, 2.75) is 37.8 Å². The Balaban J connectivity index is 1.69. The normalized spacial score (nSPS) is 26.8. The average molecular weight is 309 g/mol. The van der Waals surface area contributed by atoms with Crippen LogP contribution in [0.3, 0.4) is 0 Å². The maximum Gasteiger partial charge on any atom is 0.220 e. The zero-order chi connectivity index (χ0) is 12.5. The van der Waals surface area contributed by atoms with Crippen molar-refractivity contribution >= 4 is 21.8 Å². The SMILES string of the molecule is O=C1CCC(NC2CCc3c(Br)cccc32)CN1. The Morgan fingerprint density at radius 3 is 2.94 bits per heavy atom. The number of benzene rings is 1. The van der Waals surface area contributed by atoms with Gasteiger partial charge in [-0.2, -0.15) is 0 Å². The molecule has 1 aromatic rings. The van der Waals surface area contributed by atoms with E-state index in [4.69, 9.17) is 0 Å². The predicted octanol–water partition coefficient (Wildman–Crippen LogP) is 2.30. The Morgan fingerprint density at radius 2 is 2.17 bits per heavy atom. The standard InChI is InChI=1S/C14H17BrN2O/c15-12-3-1-2-11-10(12)5-6-13(11)17-9-4-7-14(18)16-8-9/h1-3,9,13,17H,4-8H2,(H,16,18). The highest BCUT2D eigenvalue weighted by Crippen LogP contribution is 2.36. The zero-order valence-corrected chi connectivity index (χ0v) is 11.8. The van der Waals surface area contributed by atoms with Gasteiger partial charge in [-0.15, -0.1) is 0 Å². The molecule has 0 spiro atoms. The summed E-state index contributed by atoms with van der Waals surface area (Å²) in [4.78, 5) is 11.1. The number of halogens is 1. The fourth-order valence-electron chi connectivity index (χ4n) is 2.94. The molecule has 96 valence electrons. The van der Waals surface area contributed by atoms with Crippen LogP contribution in [0.4, 0.5) is 0 Å². The molecule has 1 aliphatic heterocycles. The second-order valence-corrected chi connectivity index (χ2v) is 5.96. The lowest BCUT2D eigenvalue weighted by molar-refractivity contribution is -0.122. The van der Waals surface area contributed by atoms with E-state index in [1.165, 1.54) is 15.6 Å². The number of carbonyl (C=O) groups is 1.